The number of nitrogens with one attached hydrogen (secondary N) is 1. The molecule has 0 aromatic carbocycles. The van der Waals surface area contributed by atoms with Crippen LogP contribution < -0.4 is 5.32 Å². The van der Waals surface area contributed by atoms with Gasteiger partial charge in [0.25, 0.3) is 0 Å². The summed E-state index contributed by atoms with van der Waals surface area (Å²) in [5.41, 5.74) is 0. The van der Waals surface area contributed by atoms with Crippen LogP contribution in [0.1, 0.15) is 31.2 Å². The normalized spacial score (nSPS) is 15.9. The molecule has 0 saturated heterocycles. The van der Waals surface area contributed by atoms with E-state index in [1.807, 2.05) is 13.2 Å². The van der Waals surface area contributed by atoms with Crippen molar-refractivity contribution in [2.75, 3.05) is 7.05 Å². The van der Waals surface area contributed by atoms with Gasteiger partial charge in [0.2, 0.25) is 0 Å². The van der Waals surface area contributed by atoms with E-state index in [0.29, 0.717) is 12.0 Å². The maximum absolute atomic E-state index is 3.86. The van der Waals surface area contributed by atoms with Gasteiger partial charge in [0.05, 0.1) is 11.1 Å². The average Bonchev–Trinajstić information content (AvgIpc) is 2.58. The highest BCUT2D eigenvalue weighted by Gasteiger charge is 2.17. The van der Waals surface area contributed by atoms with Crippen LogP contribution in [0.3, 0.4) is 0 Å². The van der Waals surface area contributed by atoms with Crippen molar-refractivity contribution in [3.05, 3.63) is 11.1 Å². The largest absolute Gasteiger partial charge is 0.312 e. The van der Waals surface area contributed by atoms with Gasteiger partial charge in [-0.3, -0.25) is 0 Å². The Labute approximate surface area is 77.4 Å². The SMILES string of the molecule is CCC(C)C(NC)c1cnns1. The summed E-state index contributed by atoms with van der Waals surface area (Å²) >= 11 is 1.48. The van der Waals surface area contributed by atoms with Gasteiger partial charge in [0.15, 0.2) is 0 Å². The molecule has 0 bridgehead atoms. The third-order valence-corrected chi connectivity index (χ3v) is 2.95. The predicted molar refractivity (Wildman–Crippen MR) is 51.2 cm³/mol. The molecule has 1 aromatic rings. The van der Waals surface area contributed by atoms with E-state index < -0.39 is 0 Å². The van der Waals surface area contributed by atoms with Crippen molar-refractivity contribution in [2.45, 2.75) is 26.3 Å². The van der Waals surface area contributed by atoms with Crippen LogP contribution in [-0.4, -0.2) is 16.6 Å². The molecule has 0 fully saturated rings. The fourth-order valence-corrected chi connectivity index (χ4v) is 2.00. The first-order chi connectivity index (χ1) is 5.79. The zero-order valence-corrected chi connectivity index (χ0v) is 8.56. The lowest BCUT2D eigenvalue weighted by atomic mass is 9.98. The minimum Gasteiger partial charge on any atom is -0.312 e. The van der Waals surface area contributed by atoms with Gasteiger partial charge >= 0.3 is 0 Å². The van der Waals surface area contributed by atoms with Crippen LogP contribution in [0.15, 0.2) is 6.20 Å². The number of aromatic nitrogens is 2. The molecule has 2 atom stereocenters. The summed E-state index contributed by atoms with van der Waals surface area (Å²) in [4.78, 5) is 1.23. The molecule has 0 aliphatic carbocycles. The highest BCUT2D eigenvalue weighted by Crippen LogP contribution is 2.25. The van der Waals surface area contributed by atoms with Gasteiger partial charge in [0, 0.05) is 6.04 Å². The highest BCUT2D eigenvalue weighted by molar-refractivity contribution is 7.05. The summed E-state index contributed by atoms with van der Waals surface area (Å²) in [7, 11) is 1.98. The van der Waals surface area contributed by atoms with Crippen LogP contribution in [-0.2, 0) is 0 Å². The molecule has 2 unspecified atom stereocenters. The zero-order chi connectivity index (χ0) is 8.97. The first kappa shape index (κ1) is 9.61. The molecule has 1 heterocycles. The van der Waals surface area contributed by atoms with Gasteiger partial charge in [-0.25, -0.2) is 0 Å². The van der Waals surface area contributed by atoms with Crippen molar-refractivity contribution in [1.82, 2.24) is 14.9 Å². The van der Waals surface area contributed by atoms with Crippen LogP contribution in [0.25, 0.3) is 0 Å². The summed E-state index contributed by atoms with van der Waals surface area (Å²) in [5, 5.41) is 7.12. The summed E-state index contributed by atoms with van der Waals surface area (Å²) < 4.78 is 3.86. The van der Waals surface area contributed by atoms with E-state index in [1.165, 1.54) is 22.8 Å². The summed E-state index contributed by atoms with van der Waals surface area (Å²) in [6.45, 7) is 4.43. The quantitative estimate of drug-likeness (QED) is 0.778. The smallest absolute Gasteiger partial charge is 0.0669 e. The number of hydrogen-bond acceptors (Lipinski definition) is 4. The second-order valence-electron chi connectivity index (χ2n) is 2.97. The summed E-state index contributed by atoms with van der Waals surface area (Å²) in [6.07, 6.45) is 3.02. The van der Waals surface area contributed by atoms with Crippen LogP contribution in [0.4, 0.5) is 0 Å². The Balaban J connectivity index is 2.69. The lowest BCUT2D eigenvalue weighted by molar-refractivity contribution is 0.405. The standard InChI is InChI=1S/C8H15N3S/c1-4-6(2)8(9-3)7-5-10-11-12-7/h5-6,8-9H,4H2,1-3H3. The van der Waals surface area contributed by atoms with Crippen LogP contribution in [0.5, 0.6) is 0 Å². The second-order valence-corrected chi connectivity index (χ2v) is 3.79. The van der Waals surface area contributed by atoms with Crippen molar-refractivity contribution in [3.63, 3.8) is 0 Å². The Bertz CT molecular complexity index is 210. The first-order valence-electron chi connectivity index (χ1n) is 4.24. The maximum Gasteiger partial charge on any atom is 0.0669 e. The third kappa shape index (κ3) is 2.01. The summed E-state index contributed by atoms with van der Waals surface area (Å²) in [6, 6.07) is 0.412. The van der Waals surface area contributed by atoms with Gasteiger partial charge in [-0.15, -0.1) is 5.10 Å². The molecule has 0 radical (unpaired) electrons. The van der Waals surface area contributed by atoms with Gasteiger partial charge in [0.1, 0.15) is 0 Å². The number of nitrogens with zero attached hydrogens (tertiary/aromatic N) is 2. The molecule has 0 saturated carbocycles. The first-order valence-corrected chi connectivity index (χ1v) is 5.01. The molecule has 1 aromatic heterocycles. The Hall–Kier alpha value is -0.480. The molecule has 12 heavy (non-hydrogen) atoms. The Morgan fingerprint density at radius 1 is 1.67 bits per heavy atom. The highest BCUT2D eigenvalue weighted by atomic mass is 32.1. The van der Waals surface area contributed by atoms with Crippen molar-refractivity contribution in [2.24, 2.45) is 5.92 Å². The molecule has 0 amide bonds. The minimum absolute atomic E-state index is 0.412. The van der Waals surface area contributed by atoms with E-state index in [4.69, 9.17) is 0 Å². The van der Waals surface area contributed by atoms with E-state index in [1.54, 1.807) is 0 Å². The predicted octanol–water partition coefficient (Wildman–Crippen LogP) is 1.84. The Morgan fingerprint density at radius 3 is 2.83 bits per heavy atom. The Kier molecular flexibility index (Phi) is 3.62. The molecule has 4 heteroatoms. The molecular weight excluding hydrogens is 170 g/mol. The van der Waals surface area contributed by atoms with Crippen LogP contribution in [0, 0.1) is 5.92 Å². The van der Waals surface area contributed by atoms with Gasteiger partial charge in [-0.05, 0) is 24.5 Å². The topological polar surface area (TPSA) is 37.8 Å². The van der Waals surface area contributed by atoms with Crippen molar-refractivity contribution in [1.29, 1.82) is 0 Å². The number of hydrogen-bond donors (Lipinski definition) is 1. The van der Waals surface area contributed by atoms with E-state index in [-0.39, 0.29) is 0 Å². The molecule has 3 nitrogen and oxygen atoms in total. The lowest BCUT2D eigenvalue weighted by Gasteiger charge is -2.19. The van der Waals surface area contributed by atoms with E-state index >= 15 is 0 Å². The molecule has 0 aliphatic heterocycles. The maximum atomic E-state index is 3.86. The van der Waals surface area contributed by atoms with Crippen molar-refractivity contribution >= 4 is 11.5 Å². The zero-order valence-electron chi connectivity index (χ0n) is 7.74. The van der Waals surface area contributed by atoms with Gasteiger partial charge in [-0.2, -0.15) is 0 Å². The fraction of sp³-hybridized carbons (Fsp3) is 0.750. The number of rotatable bonds is 4. The third-order valence-electron chi connectivity index (χ3n) is 2.21. The van der Waals surface area contributed by atoms with Crippen LogP contribution >= 0.6 is 11.5 Å². The fourth-order valence-electron chi connectivity index (χ4n) is 1.25. The van der Waals surface area contributed by atoms with Crippen LogP contribution in [0.2, 0.25) is 0 Å². The van der Waals surface area contributed by atoms with E-state index in [2.05, 4.69) is 28.8 Å². The minimum atomic E-state index is 0.412. The van der Waals surface area contributed by atoms with E-state index in [9.17, 15) is 0 Å². The molecule has 68 valence electrons. The second kappa shape index (κ2) is 4.52. The molecule has 1 rings (SSSR count). The van der Waals surface area contributed by atoms with Gasteiger partial charge < -0.3 is 5.32 Å². The molecule has 0 aliphatic rings. The van der Waals surface area contributed by atoms with Crippen molar-refractivity contribution in [3.8, 4) is 0 Å². The van der Waals surface area contributed by atoms with Crippen molar-refractivity contribution < 1.29 is 0 Å². The Morgan fingerprint density at radius 2 is 2.42 bits per heavy atom. The monoisotopic (exact) mass is 185 g/mol. The van der Waals surface area contributed by atoms with Gasteiger partial charge in [-0.1, -0.05) is 24.8 Å². The molecular formula is C8H15N3S. The molecule has 0 spiro atoms. The summed E-state index contributed by atoms with van der Waals surface area (Å²) in [5.74, 6) is 0.636. The lowest BCUT2D eigenvalue weighted by Crippen LogP contribution is -2.22. The van der Waals surface area contributed by atoms with E-state index in [0.717, 1.165) is 0 Å². The average molecular weight is 185 g/mol. The molecule has 1 N–H and O–H groups in total.